The van der Waals surface area contributed by atoms with Crippen LogP contribution < -0.4 is 5.73 Å². The lowest BCUT2D eigenvalue weighted by Crippen LogP contribution is -2.41. The van der Waals surface area contributed by atoms with Crippen LogP contribution in [0.1, 0.15) is 24.5 Å². The van der Waals surface area contributed by atoms with Gasteiger partial charge in [0.25, 0.3) is 0 Å². The predicted octanol–water partition coefficient (Wildman–Crippen LogP) is 2.59. The van der Waals surface area contributed by atoms with E-state index in [0.717, 1.165) is 48.8 Å². The molecular formula is C14H19ClN2OS. The van der Waals surface area contributed by atoms with E-state index in [4.69, 9.17) is 34.3 Å². The van der Waals surface area contributed by atoms with Crippen molar-refractivity contribution in [3.63, 3.8) is 0 Å². The summed E-state index contributed by atoms with van der Waals surface area (Å²) in [4.78, 5) is 2.75. The minimum Gasteiger partial charge on any atom is -0.389 e. The highest BCUT2D eigenvalue weighted by Crippen LogP contribution is 2.21. The van der Waals surface area contributed by atoms with Gasteiger partial charge in [-0.05, 0) is 18.1 Å². The van der Waals surface area contributed by atoms with Gasteiger partial charge < -0.3 is 10.5 Å². The Morgan fingerprint density at radius 3 is 3.00 bits per heavy atom. The average Bonchev–Trinajstić information content (AvgIpc) is 2.41. The van der Waals surface area contributed by atoms with E-state index in [-0.39, 0.29) is 0 Å². The van der Waals surface area contributed by atoms with Crippen molar-refractivity contribution in [2.75, 3.05) is 19.7 Å². The van der Waals surface area contributed by atoms with Gasteiger partial charge in [0.05, 0.1) is 12.7 Å². The van der Waals surface area contributed by atoms with Crippen LogP contribution in [0, 0.1) is 0 Å². The van der Waals surface area contributed by atoms with Crippen molar-refractivity contribution in [2.24, 2.45) is 5.73 Å². The van der Waals surface area contributed by atoms with Gasteiger partial charge in [-0.1, -0.05) is 42.9 Å². The molecule has 1 aromatic carbocycles. The molecule has 3 nitrogen and oxygen atoms in total. The van der Waals surface area contributed by atoms with E-state index in [1.54, 1.807) is 0 Å². The first-order valence-corrected chi connectivity index (χ1v) is 7.31. The number of hydrogen-bond donors (Lipinski definition) is 1. The number of rotatable bonds is 4. The zero-order chi connectivity index (χ0) is 13.8. The second kappa shape index (κ2) is 6.66. The highest BCUT2D eigenvalue weighted by Gasteiger charge is 2.19. The first-order valence-electron chi connectivity index (χ1n) is 6.52. The Hall–Kier alpha value is -0.680. The number of nitrogens with zero attached hydrogens (tertiary/aromatic N) is 1. The molecule has 1 aromatic rings. The Bertz CT molecular complexity index is 467. The minimum absolute atomic E-state index is 0.336. The van der Waals surface area contributed by atoms with E-state index in [2.05, 4.69) is 11.8 Å². The van der Waals surface area contributed by atoms with Gasteiger partial charge >= 0.3 is 0 Å². The largest absolute Gasteiger partial charge is 0.389 e. The topological polar surface area (TPSA) is 38.5 Å². The summed E-state index contributed by atoms with van der Waals surface area (Å²) in [6, 6.07) is 5.78. The number of benzene rings is 1. The number of nitrogens with two attached hydrogens (primary N) is 1. The van der Waals surface area contributed by atoms with Gasteiger partial charge in [-0.3, -0.25) is 4.90 Å². The van der Waals surface area contributed by atoms with E-state index in [9.17, 15) is 0 Å². The molecule has 1 atom stereocenters. The number of ether oxygens (including phenoxy) is 1. The third-order valence-corrected chi connectivity index (χ3v) is 4.00. The maximum Gasteiger partial charge on any atom is 0.104 e. The van der Waals surface area contributed by atoms with Gasteiger partial charge in [-0.25, -0.2) is 0 Å². The summed E-state index contributed by atoms with van der Waals surface area (Å²) in [5, 5.41) is 0.727. The monoisotopic (exact) mass is 298 g/mol. The van der Waals surface area contributed by atoms with Crippen LogP contribution in [0.3, 0.4) is 0 Å². The summed E-state index contributed by atoms with van der Waals surface area (Å²) in [7, 11) is 0. The van der Waals surface area contributed by atoms with E-state index < -0.39 is 0 Å². The molecular weight excluding hydrogens is 280 g/mol. The van der Waals surface area contributed by atoms with Crippen LogP contribution in [0.15, 0.2) is 18.2 Å². The lowest BCUT2D eigenvalue weighted by atomic mass is 10.1. The Kier molecular flexibility index (Phi) is 5.16. The molecule has 1 unspecified atom stereocenters. The fourth-order valence-corrected chi connectivity index (χ4v) is 2.61. The second-order valence-electron chi connectivity index (χ2n) is 4.81. The van der Waals surface area contributed by atoms with Crippen LogP contribution in [-0.4, -0.2) is 35.7 Å². The number of thiocarbonyl (C=S) groups is 1. The molecule has 0 aromatic heterocycles. The van der Waals surface area contributed by atoms with Gasteiger partial charge in [-0.15, -0.1) is 0 Å². The van der Waals surface area contributed by atoms with Crippen LogP contribution >= 0.6 is 23.8 Å². The summed E-state index contributed by atoms with van der Waals surface area (Å²) < 4.78 is 5.67. The lowest BCUT2D eigenvalue weighted by molar-refractivity contribution is -0.0324. The first-order chi connectivity index (χ1) is 9.10. The molecule has 1 heterocycles. The highest BCUT2D eigenvalue weighted by atomic mass is 35.5. The smallest absolute Gasteiger partial charge is 0.104 e. The van der Waals surface area contributed by atoms with Crippen molar-refractivity contribution in [2.45, 2.75) is 26.0 Å². The molecule has 19 heavy (non-hydrogen) atoms. The molecule has 0 aliphatic carbocycles. The molecule has 2 rings (SSSR count). The molecule has 5 heteroatoms. The summed E-state index contributed by atoms with van der Waals surface area (Å²) in [5.74, 6) is 0. The lowest BCUT2D eigenvalue weighted by Gasteiger charge is -2.32. The van der Waals surface area contributed by atoms with Crippen molar-refractivity contribution in [1.29, 1.82) is 0 Å². The van der Waals surface area contributed by atoms with Gasteiger partial charge in [0.2, 0.25) is 0 Å². The van der Waals surface area contributed by atoms with Crippen molar-refractivity contribution in [3.8, 4) is 0 Å². The van der Waals surface area contributed by atoms with Gasteiger partial charge in [0.15, 0.2) is 0 Å². The molecule has 1 fully saturated rings. The predicted molar refractivity (Wildman–Crippen MR) is 82.6 cm³/mol. The molecule has 2 N–H and O–H groups in total. The van der Waals surface area contributed by atoms with E-state index in [1.807, 2.05) is 18.2 Å². The van der Waals surface area contributed by atoms with E-state index >= 15 is 0 Å². The van der Waals surface area contributed by atoms with Crippen LogP contribution in [0.2, 0.25) is 5.02 Å². The summed E-state index contributed by atoms with van der Waals surface area (Å²) in [5.41, 5.74) is 7.53. The molecule has 0 spiro atoms. The molecule has 0 amide bonds. The SMILES string of the molecule is CCC1CN(Cc2ccc(C(N)=S)cc2Cl)CCO1. The van der Waals surface area contributed by atoms with Crippen LogP contribution in [0.25, 0.3) is 0 Å². The van der Waals surface area contributed by atoms with Crippen LogP contribution in [-0.2, 0) is 11.3 Å². The van der Waals surface area contributed by atoms with Gasteiger partial charge in [0, 0.05) is 30.2 Å². The number of hydrogen-bond acceptors (Lipinski definition) is 3. The Morgan fingerprint density at radius 1 is 1.58 bits per heavy atom. The summed E-state index contributed by atoms with van der Waals surface area (Å²) in [6.45, 7) is 5.70. The highest BCUT2D eigenvalue weighted by molar-refractivity contribution is 7.80. The summed E-state index contributed by atoms with van der Waals surface area (Å²) >= 11 is 11.2. The second-order valence-corrected chi connectivity index (χ2v) is 5.65. The molecule has 1 saturated heterocycles. The minimum atomic E-state index is 0.336. The van der Waals surface area contributed by atoms with Gasteiger partial charge in [0.1, 0.15) is 4.99 Å². The molecule has 0 bridgehead atoms. The molecule has 1 aliphatic heterocycles. The Labute approximate surface area is 124 Å². The zero-order valence-electron chi connectivity index (χ0n) is 11.1. The Balaban J connectivity index is 2.04. The van der Waals surface area contributed by atoms with Crippen molar-refractivity contribution < 1.29 is 4.74 Å². The van der Waals surface area contributed by atoms with Crippen molar-refractivity contribution in [3.05, 3.63) is 34.3 Å². The van der Waals surface area contributed by atoms with Crippen molar-refractivity contribution >= 4 is 28.8 Å². The van der Waals surface area contributed by atoms with Gasteiger partial charge in [-0.2, -0.15) is 0 Å². The maximum atomic E-state index is 6.29. The van der Waals surface area contributed by atoms with Crippen LogP contribution in [0.5, 0.6) is 0 Å². The number of morpholine rings is 1. The fraction of sp³-hybridized carbons (Fsp3) is 0.500. The summed E-state index contributed by atoms with van der Waals surface area (Å²) in [6.07, 6.45) is 1.38. The quantitative estimate of drug-likeness (QED) is 0.867. The van der Waals surface area contributed by atoms with E-state index in [0.29, 0.717) is 11.1 Å². The number of halogens is 1. The average molecular weight is 299 g/mol. The van der Waals surface area contributed by atoms with Crippen LogP contribution in [0.4, 0.5) is 0 Å². The Morgan fingerprint density at radius 2 is 2.37 bits per heavy atom. The third-order valence-electron chi connectivity index (χ3n) is 3.41. The fourth-order valence-electron chi connectivity index (χ4n) is 2.24. The first kappa shape index (κ1) is 14.7. The standard InChI is InChI=1S/C14H19ClN2OS/c1-2-12-9-17(5-6-18-12)8-11-4-3-10(14(16)19)7-13(11)15/h3-4,7,12H,2,5-6,8-9H2,1H3,(H2,16,19). The normalized spacial score (nSPS) is 20.4. The van der Waals surface area contributed by atoms with E-state index in [1.165, 1.54) is 0 Å². The molecule has 0 saturated carbocycles. The zero-order valence-corrected chi connectivity index (χ0v) is 12.6. The third kappa shape index (κ3) is 3.89. The molecule has 1 aliphatic rings. The van der Waals surface area contributed by atoms with Crippen molar-refractivity contribution in [1.82, 2.24) is 4.90 Å². The maximum absolute atomic E-state index is 6.29. The molecule has 104 valence electrons. The molecule has 0 radical (unpaired) electrons.